The predicted molar refractivity (Wildman–Crippen MR) is 94.0 cm³/mol. The van der Waals surface area contributed by atoms with Gasteiger partial charge < -0.3 is 20.1 Å². The van der Waals surface area contributed by atoms with Crippen molar-refractivity contribution in [3.05, 3.63) is 35.4 Å². The average molecular weight is 381 g/mol. The quantitative estimate of drug-likeness (QED) is 0.846. The summed E-state index contributed by atoms with van der Waals surface area (Å²) in [5.74, 6) is -0.127. The normalized spacial score (nSPS) is 33.9. The lowest BCUT2D eigenvalue weighted by atomic mass is 9.93. The van der Waals surface area contributed by atoms with E-state index in [1.165, 1.54) is 13.2 Å². The van der Waals surface area contributed by atoms with Crippen molar-refractivity contribution in [2.45, 2.75) is 24.6 Å². The van der Waals surface area contributed by atoms with Crippen LogP contribution < -0.4 is 5.73 Å². The number of amides is 1. The second-order valence-corrected chi connectivity index (χ2v) is 7.82. The van der Waals surface area contributed by atoms with Gasteiger partial charge in [-0.2, -0.15) is 0 Å². The number of carbonyl (C=O) groups excluding carboxylic acids is 1. The van der Waals surface area contributed by atoms with Crippen LogP contribution in [-0.4, -0.2) is 67.9 Å². The smallest absolute Gasteiger partial charge is 0.409 e. The molecule has 1 aromatic carbocycles. The highest BCUT2D eigenvalue weighted by molar-refractivity contribution is 5.67. The molecular formula is C19H25F2N3O3. The van der Waals surface area contributed by atoms with E-state index in [9.17, 15) is 13.6 Å². The zero-order chi connectivity index (χ0) is 19.1. The minimum Gasteiger partial charge on any atom is -0.453 e. The molecule has 148 valence electrons. The molecule has 0 aromatic heterocycles. The number of methoxy groups -OCH3 is 1. The van der Waals surface area contributed by atoms with Gasteiger partial charge in [0.05, 0.1) is 13.7 Å². The topological polar surface area (TPSA) is 68.0 Å². The highest BCUT2D eigenvalue weighted by Gasteiger charge is 2.45. The van der Waals surface area contributed by atoms with Crippen LogP contribution in [0.2, 0.25) is 0 Å². The van der Waals surface area contributed by atoms with Gasteiger partial charge in [-0.15, -0.1) is 0 Å². The molecule has 2 unspecified atom stereocenters. The number of rotatable bonds is 2. The van der Waals surface area contributed by atoms with Crippen LogP contribution in [0.15, 0.2) is 18.2 Å². The van der Waals surface area contributed by atoms with Gasteiger partial charge in [0.25, 0.3) is 0 Å². The van der Waals surface area contributed by atoms with Crippen LogP contribution in [0, 0.1) is 23.5 Å². The maximum atomic E-state index is 14.1. The van der Waals surface area contributed by atoms with Crippen molar-refractivity contribution in [1.29, 1.82) is 0 Å². The third-order valence-corrected chi connectivity index (χ3v) is 6.13. The monoisotopic (exact) mass is 381 g/mol. The summed E-state index contributed by atoms with van der Waals surface area (Å²) in [6.45, 7) is 3.64. The molecule has 4 rings (SSSR count). The van der Waals surface area contributed by atoms with E-state index < -0.39 is 23.8 Å². The molecule has 3 heterocycles. The van der Waals surface area contributed by atoms with Gasteiger partial charge in [-0.25, -0.2) is 13.6 Å². The van der Waals surface area contributed by atoms with Crippen molar-refractivity contribution in [3.8, 4) is 0 Å². The van der Waals surface area contributed by atoms with Crippen LogP contribution >= 0.6 is 0 Å². The van der Waals surface area contributed by atoms with E-state index in [0.29, 0.717) is 38.0 Å². The number of hydrogen-bond acceptors (Lipinski definition) is 5. The summed E-state index contributed by atoms with van der Waals surface area (Å²) in [6, 6.07) is 3.14. The molecule has 3 saturated heterocycles. The lowest BCUT2D eigenvalue weighted by Gasteiger charge is -2.39. The van der Waals surface area contributed by atoms with Crippen LogP contribution in [-0.2, 0) is 9.47 Å². The number of nitrogens with two attached hydrogens (primary N) is 1. The second-order valence-electron chi connectivity index (χ2n) is 7.82. The van der Waals surface area contributed by atoms with E-state index in [-0.39, 0.29) is 17.7 Å². The fourth-order valence-corrected chi connectivity index (χ4v) is 4.76. The fraction of sp³-hybridized carbons (Fsp3) is 0.632. The van der Waals surface area contributed by atoms with Gasteiger partial charge in [0.2, 0.25) is 0 Å². The van der Waals surface area contributed by atoms with Gasteiger partial charge in [0, 0.05) is 43.8 Å². The van der Waals surface area contributed by atoms with Crippen LogP contribution in [0.1, 0.15) is 18.1 Å². The molecule has 0 bridgehead atoms. The Hall–Kier alpha value is -1.77. The summed E-state index contributed by atoms with van der Waals surface area (Å²) < 4.78 is 38.2. The van der Waals surface area contributed by atoms with Gasteiger partial charge in [-0.1, -0.05) is 0 Å². The van der Waals surface area contributed by atoms with Crippen LogP contribution in [0.25, 0.3) is 0 Å². The van der Waals surface area contributed by atoms with Gasteiger partial charge in [-0.05, 0) is 36.5 Å². The Kier molecular flexibility index (Phi) is 5.05. The first-order chi connectivity index (χ1) is 13.0. The van der Waals surface area contributed by atoms with Gasteiger partial charge in [0.15, 0.2) is 0 Å². The van der Waals surface area contributed by atoms with Crippen molar-refractivity contribution in [3.63, 3.8) is 0 Å². The van der Waals surface area contributed by atoms with Crippen molar-refractivity contribution < 1.29 is 23.0 Å². The highest BCUT2D eigenvalue weighted by atomic mass is 19.1. The molecule has 0 aliphatic carbocycles. The summed E-state index contributed by atoms with van der Waals surface area (Å²) in [7, 11) is 1.40. The Balaban J connectivity index is 1.36. The minimum absolute atomic E-state index is 0.157. The Morgan fingerprint density at radius 3 is 2.56 bits per heavy atom. The number of ether oxygens (including phenoxy) is 2. The van der Waals surface area contributed by atoms with Gasteiger partial charge in [-0.3, -0.25) is 4.90 Å². The molecule has 2 N–H and O–H groups in total. The fourth-order valence-electron chi connectivity index (χ4n) is 4.76. The molecule has 0 radical (unpaired) electrons. The molecule has 27 heavy (non-hydrogen) atoms. The van der Waals surface area contributed by atoms with E-state index in [2.05, 4.69) is 4.90 Å². The summed E-state index contributed by atoms with van der Waals surface area (Å²) >= 11 is 0. The van der Waals surface area contributed by atoms with Crippen LogP contribution in [0.5, 0.6) is 0 Å². The molecule has 3 aliphatic heterocycles. The number of carbonyl (C=O) groups is 1. The first kappa shape index (κ1) is 18.6. The highest BCUT2D eigenvalue weighted by Crippen LogP contribution is 2.36. The molecule has 1 amide bonds. The van der Waals surface area contributed by atoms with E-state index >= 15 is 0 Å². The number of likely N-dealkylation sites (tertiary alicyclic amines) is 2. The first-order valence-corrected chi connectivity index (χ1v) is 9.35. The SMILES string of the molecule is COC(=O)N1CC2CN([C@H]3CO[C@H](c4cc(F)ccc4F)[C@@H](N)C3)CC2C1. The summed E-state index contributed by atoms with van der Waals surface area (Å²) in [5.41, 5.74) is 6.46. The maximum absolute atomic E-state index is 14.1. The number of benzene rings is 1. The van der Waals surface area contributed by atoms with E-state index in [1.807, 2.05) is 0 Å². The van der Waals surface area contributed by atoms with Crippen molar-refractivity contribution in [2.24, 2.45) is 17.6 Å². The number of hydrogen-bond donors (Lipinski definition) is 1. The van der Waals surface area contributed by atoms with Gasteiger partial charge >= 0.3 is 6.09 Å². The molecule has 3 fully saturated rings. The van der Waals surface area contributed by atoms with Crippen molar-refractivity contribution in [1.82, 2.24) is 9.80 Å². The largest absolute Gasteiger partial charge is 0.453 e. The number of halogens is 2. The predicted octanol–water partition coefficient (Wildman–Crippen LogP) is 1.75. The molecule has 3 aliphatic rings. The molecule has 1 aromatic rings. The Labute approximate surface area is 157 Å². The zero-order valence-electron chi connectivity index (χ0n) is 15.3. The maximum Gasteiger partial charge on any atom is 0.409 e. The second kappa shape index (κ2) is 7.33. The molecule has 8 heteroatoms. The Bertz CT molecular complexity index is 705. The van der Waals surface area contributed by atoms with E-state index in [0.717, 1.165) is 25.2 Å². The first-order valence-electron chi connectivity index (χ1n) is 9.35. The number of fused-ring (bicyclic) bond motifs is 1. The van der Waals surface area contributed by atoms with Crippen molar-refractivity contribution in [2.75, 3.05) is 39.9 Å². The Morgan fingerprint density at radius 2 is 1.93 bits per heavy atom. The lowest BCUT2D eigenvalue weighted by Crippen LogP contribution is -2.49. The molecule has 5 atom stereocenters. The molecule has 6 nitrogen and oxygen atoms in total. The lowest BCUT2D eigenvalue weighted by molar-refractivity contribution is -0.0488. The zero-order valence-corrected chi connectivity index (χ0v) is 15.3. The molecule has 0 saturated carbocycles. The third-order valence-electron chi connectivity index (χ3n) is 6.13. The summed E-state index contributed by atoms with van der Waals surface area (Å²) in [6.07, 6.45) is -0.228. The van der Waals surface area contributed by atoms with E-state index in [4.69, 9.17) is 15.2 Å². The summed E-state index contributed by atoms with van der Waals surface area (Å²) in [5, 5.41) is 0. The Morgan fingerprint density at radius 1 is 1.22 bits per heavy atom. The van der Waals surface area contributed by atoms with Crippen molar-refractivity contribution >= 4 is 6.09 Å². The summed E-state index contributed by atoms with van der Waals surface area (Å²) in [4.78, 5) is 15.8. The third kappa shape index (κ3) is 3.53. The minimum atomic E-state index is -0.631. The standard InChI is InChI=1S/C19H25F2N3O3/c1-26-19(25)24-8-11-6-23(7-12(11)9-24)14-5-17(22)18(27-10-14)15-4-13(20)2-3-16(15)21/h2-4,11-12,14,17-18H,5-10,22H2,1H3/t11?,12?,14-,17+,18-/m1/s1. The molecular weight excluding hydrogens is 356 g/mol. The average Bonchev–Trinajstić information content (AvgIpc) is 3.22. The van der Waals surface area contributed by atoms with Crippen LogP contribution in [0.3, 0.4) is 0 Å². The van der Waals surface area contributed by atoms with Crippen LogP contribution in [0.4, 0.5) is 13.6 Å². The van der Waals surface area contributed by atoms with Gasteiger partial charge in [0.1, 0.15) is 17.7 Å². The molecule has 0 spiro atoms. The number of nitrogens with zero attached hydrogens (tertiary/aromatic N) is 2. The van der Waals surface area contributed by atoms with E-state index in [1.54, 1.807) is 4.90 Å².